The van der Waals surface area contributed by atoms with E-state index in [-0.39, 0.29) is 0 Å². The van der Waals surface area contributed by atoms with Crippen molar-refractivity contribution in [2.45, 2.75) is 64.7 Å². The Morgan fingerprint density at radius 3 is 2.09 bits per heavy atom. The molecular formula is C30H44N2OS. The van der Waals surface area contributed by atoms with Gasteiger partial charge in [-0.25, -0.2) is 0 Å². The molecule has 1 fully saturated rings. The summed E-state index contributed by atoms with van der Waals surface area (Å²) in [5.74, 6) is 2.08. The van der Waals surface area contributed by atoms with Gasteiger partial charge in [0.05, 0.1) is 6.61 Å². The van der Waals surface area contributed by atoms with Crippen LogP contribution in [0.5, 0.6) is 0 Å². The molecule has 3 N–H and O–H groups in total. The van der Waals surface area contributed by atoms with E-state index in [4.69, 9.17) is 10.5 Å². The molecule has 0 amide bonds. The van der Waals surface area contributed by atoms with Crippen molar-refractivity contribution in [3.63, 3.8) is 0 Å². The van der Waals surface area contributed by atoms with Crippen LogP contribution in [0, 0.1) is 0 Å². The van der Waals surface area contributed by atoms with E-state index in [0.29, 0.717) is 0 Å². The van der Waals surface area contributed by atoms with Crippen LogP contribution in [-0.4, -0.2) is 25.4 Å². The fourth-order valence-corrected chi connectivity index (χ4v) is 3.78. The fourth-order valence-electron chi connectivity index (χ4n) is 3.56. The van der Waals surface area contributed by atoms with Crippen LogP contribution in [0.25, 0.3) is 11.5 Å². The summed E-state index contributed by atoms with van der Waals surface area (Å²) in [7, 11) is 0. The Balaban J connectivity index is 0.000000203. The van der Waals surface area contributed by atoms with Crippen molar-refractivity contribution < 1.29 is 4.74 Å². The van der Waals surface area contributed by atoms with Crippen molar-refractivity contribution in [3.8, 4) is 0 Å². The van der Waals surface area contributed by atoms with Crippen molar-refractivity contribution in [1.29, 1.82) is 0 Å². The highest BCUT2D eigenvalue weighted by Crippen LogP contribution is 2.34. The largest absolute Gasteiger partial charge is 0.493 e. The minimum absolute atomic E-state index is 0.814. The summed E-state index contributed by atoms with van der Waals surface area (Å²) in [6.45, 7) is 4.90. The third kappa shape index (κ3) is 10.8. The Bertz CT molecular complexity index is 823. The molecule has 4 rings (SSSR count). The molecule has 186 valence electrons. The van der Waals surface area contributed by atoms with Crippen LogP contribution >= 0.6 is 12.6 Å². The molecule has 4 heteroatoms. The molecule has 0 saturated heterocycles. The molecule has 1 heterocycles. The first-order valence-corrected chi connectivity index (χ1v) is 13.6. The second-order valence-corrected chi connectivity index (χ2v) is 9.09. The first kappa shape index (κ1) is 28.1. The Morgan fingerprint density at radius 2 is 1.59 bits per heavy atom. The Kier molecular flexibility index (Phi) is 15.0. The van der Waals surface area contributed by atoms with E-state index in [2.05, 4.69) is 79.5 Å². The van der Waals surface area contributed by atoms with Gasteiger partial charge in [-0.1, -0.05) is 86.8 Å². The van der Waals surface area contributed by atoms with Gasteiger partial charge in [0, 0.05) is 17.8 Å². The van der Waals surface area contributed by atoms with Gasteiger partial charge in [0.1, 0.15) is 5.76 Å². The lowest BCUT2D eigenvalue weighted by Gasteiger charge is -2.22. The fraction of sp³-hybridized carbons (Fsp3) is 0.467. The number of thiol groups is 1. The normalized spacial score (nSPS) is 13.5. The van der Waals surface area contributed by atoms with Crippen molar-refractivity contribution in [2.75, 3.05) is 25.4 Å². The van der Waals surface area contributed by atoms with Crippen molar-refractivity contribution in [1.82, 2.24) is 5.32 Å². The molecule has 1 saturated carbocycles. The molecule has 1 aliphatic heterocycles. The smallest absolute Gasteiger partial charge is 0.125 e. The summed E-state index contributed by atoms with van der Waals surface area (Å²) in [5, 5.41) is 3.22. The molecule has 0 unspecified atom stereocenters. The van der Waals surface area contributed by atoms with Crippen LogP contribution in [0.2, 0.25) is 0 Å². The van der Waals surface area contributed by atoms with Crippen LogP contribution in [-0.2, 0) is 4.74 Å². The van der Waals surface area contributed by atoms with Crippen molar-refractivity contribution in [3.05, 3.63) is 83.4 Å². The van der Waals surface area contributed by atoms with E-state index in [9.17, 15) is 0 Å². The topological polar surface area (TPSA) is 47.3 Å². The van der Waals surface area contributed by atoms with Gasteiger partial charge in [-0.15, -0.1) is 0 Å². The van der Waals surface area contributed by atoms with Gasteiger partial charge in [-0.2, -0.15) is 12.6 Å². The second kappa shape index (κ2) is 18.2. The highest BCUT2D eigenvalue weighted by atomic mass is 32.1. The van der Waals surface area contributed by atoms with E-state index >= 15 is 0 Å². The van der Waals surface area contributed by atoms with Gasteiger partial charge in [0.25, 0.3) is 0 Å². The van der Waals surface area contributed by atoms with Gasteiger partial charge in [-0.05, 0) is 68.0 Å². The van der Waals surface area contributed by atoms with Crippen molar-refractivity contribution in [2.24, 2.45) is 5.73 Å². The maximum Gasteiger partial charge on any atom is 0.125 e. The number of nitrogens with two attached hydrogens (primary N) is 1. The maximum absolute atomic E-state index is 5.98. The molecule has 0 radical (unpaired) electrons. The Hall–Kier alpha value is -2.17. The van der Waals surface area contributed by atoms with E-state index in [1.807, 2.05) is 12.1 Å². The third-order valence-electron chi connectivity index (χ3n) is 5.85. The van der Waals surface area contributed by atoms with Gasteiger partial charge in [0.2, 0.25) is 0 Å². The molecule has 0 spiro atoms. The number of benzene rings is 2. The average Bonchev–Trinajstić information content (AvgIpc) is 2.81. The van der Waals surface area contributed by atoms with Gasteiger partial charge < -0.3 is 15.8 Å². The number of allylic oxidation sites excluding steroid dienone is 1. The molecule has 2 aromatic rings. The first-order valence-electron chi connectivity index (χ1n) is 13.0. The van der Waals surface area contributed by atoms with E-state index < -0.39 is 0 Å². The van der Waals surface area contributed by atoms with Crippen LogP contribution < -0.4 is 11.1 Å². The van der Waals surface area contributed by atoms with Gasteiger partial charge in [-0.3, -0.25) is 0 Å². The molecule has 1 aliphatic carbocycles. The van der Waals surface area contributed by atoms with Gasteiger partial charge >= 0.3 is 0 Å². The highest BCUT2D eigenvalue weighted by Gasteiger charge is 2.17. The predicted molar refractivity (Wildman–Crippen MR) is 152 cm³/mol. The predicted octanol–water partition coefficient (Wildman–Crippen LogP) is 7.46. The molecule has 0 atom stereocenters. The second-order valence-electron chi connectivity index (χ2n) is 8.65. The van der Waals surface area contributed by atoms with E-state index in [1.165, 1.54) is 67.3 Å². The summed E-state index contributed by atoms with van der Waals surface area (Å²) in [6.07, 6.45) is 13.3. The lowest BCUT2D eigenvalue weighted by molar-refractivity contribution is 0.264. The lowest BCUT2D eigenvalue weighted by atomic mass is 9.89. The van der Waals surface area contributed by atoms with E-state index in [0.717, 1.165) is 44.1 Å². The molecule has 34 heavy (non-hydrogen) atoms. The Morgan fingerprint density at radius 1 is 0.912 bits per heavy atom. The lowest BCUT2D eigenvalue weighted by Crippen LogP contribution is -2.21. The molecule has 2 aromatic carbocycles. The number of nitrogens with one attached hydrogen (secondary N) is 1. The molecule has 0 bridgehead atoms. The first-order chi connectivity index (χ1) is 16.8. The van der Waals surface area contributed by atoms with E-state index in [1.54, 1.807) is 0 Å². The SMILES string of the molecule is C1=C(c2ccccc2)NC1.CCCCCCN.SCCCCOC(=C1CCC1)c1ccccc1. The summed E-state index contributed by atoms with van der Waals surface area (Å²) >= 11 is 4.22. The zero-order valence-electron chi connectivity index (χ0n) is 21.0. The summed E-state index contributed by atoms with van der Waals surface area (Å²) in [6, 6.07) is 20.8. The molecular weight excluding hydrogens is 436 g/mol. The minimum Gasteiger partial charge on any atom is -0.493 e. The highest BCUT2D eigenvalue weighted by molar-refractivity contribution is 7.80. The summed E-state index contributed by atoms with van der Waals surface area (Å²) in [4.78, 5) is 0. The van der Waals surface area contributed by atoms with Gasteiger partial charge in [0.15, 0.2) is 0 Å². The number of hydrogen-bond acceptors (Lipinski definition) is 4. The van der Waals surface area contributed by atoms with Crippen LogP contribution in [0.4, 0.5) is 0 Å². The molecule has 3 nitrogen and oxygen atoms in total. The zero-order chi connectivity index (χ0) is 24.3. The monoisotopic (exact) mass is 480 g/mol. The van der Waals surface area contributed by atoms with Crippen LogP contribution in [0.3, 0.4) is 0 Å². The Labute approximate surface area is 213 Å². The van der Waals surface area contributed by atoms with Crippen molar-refractivity contribution >= 4 is 24.1 Å². The molecule has 2 aliphatic rings. The maximum atomic E-state index is 5.98. The quantitative estimate of drug-likeness (QED) is 0.178. The minimum atomic E-state index is 0.814. The number of ether oxygens (including phenoxy) is 1. The zero-order valence-corrected chi connectivity index (χ0v) is 21.9. The number of hydrogen-bond donors (Lipinski definition) is 3. The summed E-state index contributed by atoms with van der Waals surface area (Å²) in [5.41, 5.74) is 10.5. The number of unbranched alkanes of at least 4 members (excludes halogenated alkanes) is 4. The standard InChI is InChI=1S/C15H20OS.C9H9N.C6H15N/c17-12-5-4-11-16-15(14-9-6-10-14)13-7-2-1-3-8-13;1-2-4-8(5-3-1)9-6-7-10-9;1-2-3-4-5-6-7/h1-3,7-8,17H,4-6,9-12H2;1-6,10H,7H2;2-7H2,1H3. The van der Waals surface area contributed by atoms with Crippen LogP contribution in [0.1, 0.15) is 75.8 Å². The summed E-state index contributed by atoms with van der Waals surface area (Å²) < 4.78 is 5.98. The molecule has 0 aromatic heterocycles. The third-order valence-corrected chi connectivity index (χ3v) is 6.17. The van der Waals surface area contributed by atoms with Crippen LogP contribution in [0.15, 0.2) is 72.3 Å². The average molecular weight is 481 g/mol. The number of rotatable bonds is 11.